The largest absolute Gasteiger partial charge is 0.419 e. The van der Waals surface area contributed by atoms with E-state index in [0.29, 0.717) is 18.9 Å². The van der Waals surface area contributed by atoms with Crippen LogP contribution in [0.5, 0.6) is 0 Å². The Bertz CT molecular complexity index is 593. The third-order valence-corrected chi connectivity index (χ3v) is 3.23. The van der Waals surface area contributed by atoms with E-state index in [2.05, 4.69) is 0 Å². The second-order valence-corrected chi connectivity index (χ2v) is 4.78. The van der Waals surface area contributed by atoms with Crippen LogP contribution in [0.1, 0.15) is 29.2 Å². The Morgan fingerprint density at radius 3 is 2.24 bits per heavy atom. The lowest BCUT2D eigenvalue weighted by atomic mass is 10.00. The predicted molar refractivity (Wildman–Crippen MR) is 71.1 cm³/mol. The lowest BCUT2D eigenvalue weighted by Crippen LogP contribution is -2.09. The molecule has 0 bridgehead atoms. The van der Waals surface area contributed by atoms with Gasteiger partial charge in [-0.15, -0.1) is 0 Å². The Kier molecular flexibility index (Phi) is 4.63. The molecule has 21 heavy (non-hydrogen) atoms. The summed E-state index contributed by atoms with van der Waals surface area (Å²) in [5.41, 5.74) is -0.165. The van der Waals surface area contributed by atoms with Gasteiger partial charge in [0.2, 0.25) is 0 Å². The summed E-state index contributed by atoms with van der Waals surface area (Å²) in [6.07, 6.45) is -4.85. The highest BCUT2D eigenvalue weighted by atomic mass is 19.4. The molecule has 1 unspecified atom stereocenters. The van der Waals surface area contributed by atoms with E-state index in [1.54, 1.807) is 0 Å². The minimum Gasteiger partial charge on any atom is -0.388 e. The van der Waals surface area contributed by atoms with Crippen LogP contribution in [0.4, 0.5) is 17.6 Å². The molecule has 1 atom stereocenters. The fourth-order valence-electron chi connectivity index (χ4n) is 2.08. The zero-order valence-corrected chi connectivity index (χ0v) is 11.1. The molecule has 112 valence electrons. The minimum atomic E-state index is -4.72. The monoisotopic (exact) mass is 298 g/mol. The molecule has 0 radical (unpaired) electrons. The second-order valence-electron chi connectivity index (χ2n) is 4.78. The molecule has 0 aliphatic heterocycles. The summed E-state index contributed by atoms with van der Waals surface area (Å²) in [6.45, 7) is 0. The Labute approximate surface area is 119 Å². The first-order valence-electron chi connectivity index (χ1n) is 6.46. The molecule has 0 aromatic heterocycles. The number of aliphatic hydroxyl groups excluding tert-OH is 1. The van der Waals surface area contributed by atoms with Crippen molar-refractivity contribution in [1.82, 2.24) is 0 Å². The molecule has 0 fully saturated rings. The van der Waals surface area contributed by atoms with Crippen LogP contribution < -0.4 is 0 Å². The molecule has 0 heterocycles. The zero-order valence-electron chi connectivity index (χ0n) is 11.1. The molecule has 0 aliphatic carbocycles. The summed E-state index contributed by atoms with van der Waals surface area (Å²) in [7, 11) is 0. The van der Waals surface area contributed by atoms with Gasteiger partial charge in [-0.1, -0.05) is 36.4 Å². The van der Waals surface area contributed by atoms with Gasteiger partial charge in [0.25, 0.3) is 0 Å². The third-order valence-electron chi connectivity index (χ3n) is 3.23. The number of hydrogen-bond acceptors (Lipinski definition) is 1. The first-order valence-corrected chi connectivity index (χ1v) is 6.46. The summed E-state index contributed by atoms with van der Waals surface area (Å²) in [4.78, 5) is 0. The van der Waals surface area contributed by atoms with Crippen LogP contribution in [0.2, 0.25) is 0 Å². The number of hydrogen-bond donors (Lipinski definition) is 1. The van der Waals surface area contributed by atoms with Gasteiger partial charge in [0, 0.05) is 0 Å². The van der Waals surface area contributed by atoms with Gasteiger partial charge >= 0.3 is 6.18 Å². The van der Waals surface area contributed by atoms with E-state index in [0.717, 1.165) is 17.7 Å². The zero-order chi connectivity index (χ0) is 15.5. The topological polar surface area (TPSA) is 20.2 Å². The molecule has 2 rings (SSSR count). The van der Waals surface area contributed by atoms with Gasteiger partial charge in [-0.05, 0) is 36.1 Å². The SMILES string of the molecule is OC(CCc1ccccc1)c1ccc(C(F)(F)F)c(F)c1. The van der Waals surface area contributed by atoms with Crippen LogP contribution in [0.25, 0.3) is 0 Å². The Balaban J connectivity index is 2.06. The molecule has 2 aromatic rings. The van der Waals surface area contributed by atoms with Crippen molar-refractivity contribution in [2.24, 2.45) is 0 Å². The van der Waals surface area contributed by atoms with Gasteiger partial charge in [0.1, 0.15) is 5.82 Å². The van der Waals surface area contributed by atoms with Gasteiger partial charge in [-0.3, -0.25) is 0 Å². The van der Waals surface area contributed by atoms with Gasteiger partial charge in [-0.25, -0.2) is 4.39 Å². The van der Waals surface area contributed by atoms with Crippen LogP contribution >= 0.6 is 0 Å². The van der Waals surface area contributed by atoms with Crippen LogP contribution in [0.15, 0.2) is 48.5 Å². The van der Waals surface area contributed by atoms with Crippen LogP contribution in [-0.2, 0) is 12.6 Å². The summed E-state index contributed by atoms with van der Waals surface area (Å²) < 4.78 is 50.8. The highest BCUT2D eigenvalue weighted by Gasteiger charge is 2.34. The van der Waals surface area contributed by atoms with E-state index >= 15 is 0 Å². The number of aliphatic hydroxyl groups is 1. The van der Waals surface area contributed by atoms with Gasteiger partial charge in [0.05, 0.1) is 11.7 Å². The fourth-order valence-corrected chi connectivity index (χ4v) is 2.08. The molecule has 1 N–H and O–H groups in total. The quantitative estimate of drug-likeness (QED) is 0.823. The number of halogens is 4. The van der Waals surface area contributed by atoms with Crippen molar-refractivity contribution in [1.29, 1.82) is 0 Å². The molecule has 0 saturated carbocycles. The molecular weight excluding hydrogens is 284 g/mol. The predicted octanol–water partition coefficient (Wildman–Crippen LogP) is 4.51. The summed E-state index contributed by atoms with van der Waals surface area (Å²) >= 11 is 0. The van der Waals surface area contributed by atoms with E-state index < -0.39 is 23.7 Å². The molecule has 5 heteroatoms. The maximum absolute atomic E-state index is 13.4. The highest BCUT2D eigenvalue weighted by Crippen LogP contribution is 2.32. The molecule has 1 nitrogen and oxygen atoms in total. The van der Waals surface area contributed by atoms with Gasteiger partial charge < -0.3 is 5.11 Å². The summed E-state index contributed by atoms with van der Waals surface area (Å²) in [5, 5.41) is 9.95. The Morgan fingerprint density at radius 2 is 1.67 bits per heavy atom. The third kappa shape index (κ3) is 4.04. The van der Waals surface area contributed by atoms with E-state index in [4.69, 9.17) is 0 Å². The van der Waals surface area contributed by atoms with E-state index in [9.17, 15) is 22.7 Å². The average Bonchev–Trinajstić information content (AvgIpc) is 2.44. The van der Waals surface area contributed by atoms with Crippen molar-refractivity contribution in [3.05, 3.63) is 71.0 Å². The van der Waals surface area contributed by atoms with Crippen molar-refractivity contribution < 1.29 is 22.7 Å². The lowest BCUT2D eigenvalue weighted by Gasteiger charge is -2.13. The number of benzene rings is 2. The molecular formula is C16H14F4O. The van der Waals surface area contributed by atoms with Crippen molar-refractivity contribution in [3.63, 3.8) is 0 Å². The maximum atomic E-state index is 13.4. The molecule has 0 amide bonds. The Morgan fingerprint density at radius 1 is 1.00 bits per heavy atom. The average molecular weight is 298 g/mol. The van der Waals surface area contributed by atoms with E-state index in [1.807, 2.05) is 30.3 Å². The number of aryl methyl sites for hydroxylation is 1. The van der Waals surface area contributed by atoms with Crippen LogP contribution in [0, 0.1) is 5.82 Å². The maximum Gasteiger partial charge on any atom is 0.419 e. The smallest absolute Gasteiger partial charge is 0.388 e. The van der Waals surface area contributed by atoms with E-state index in [1.165, 1.54) is 0 Å². The highest BCUT2D eigenvalue weighted by molar-refractivity contribution is 5.28. The van der Waals surface area contributed by atoms with Crippen molar-refractivity contribution in [2.45, 2.75) is 25.1 Å². The molecule has 0 saturated heterocycles. The van der Waals surface area contributed by atoms with Crippen LogP contribution in [-0.4, -0.2) is 5.11 Å². The first-order chi connectivity index (χ1) is 9.88. The van der Waals surface area contributed by atoms with Crippen molar-refractivity contribution in [2.75, 3.05) is 0 Å². The van der Waals surface area contributed by atoms with Crippen LogP contribution in [0.3, 0.4) is 0 Å². The molecule has 0 aliphatic rings. The minimum absolute atomic E-state index is 0.149. The van der Waals surface area contributed by atoms with Crippen molar-refractivity contribution >= 4 is 0 Å². The summed E-state index contributed by atoms with van der Waals surface area (Å²) in [5.74, 6) is -1.36. The Hall–Kier alpha value is -1.88. The van der Waals surface area contributed by atoms with Gasteiger partial charge in [0.15, 0.2) is 0 Å². The standard InChI is InChI=1S/C16H14F4O/c17-14-10-12(7-8-13(14)16(18,19)20)15(21)9-6-11-4-2-1-3-5-11/h1-5,7-8,10,15,21H,6,9H2. The molecule has 0 spiro atoms. The lowest BCUT2D eigenvalue weighted by molar-refractivity contribution is -0.140. The second kappa shape index (κ2) is 6.26. The first kappa shape index (κ1) is 15.5. The number of alkyl halides is 3. The van der Waals surface area contributed by atoms with E-state index in [-0.39, 0.29) is 5.56 Å². The summed E-state index contributed by atoms with van der Waals surface area (Å²) in [6, 6.07) is 11.9. The molecule has 2 aromatic carbocycles. The fraction of sp³-hybridized carbons (Fsp3) is 0.250. The number of rotatable bonds is 4. The van der Waals surface area contributed by atoms with Gasteiger partial charge in [-0.2, -0.15) is 13.2 Å². The normalized spacial score (nSPS) is 13.2. The van der Waals surface area contributed by atoms with Crippen molar-refractivity contribution in [3.8, 4) is 0 Å².